The number of ketones is 1. The van der Waals surface area contributed by atoms with Gasteiger partial charge in [0, 0.05) is 12.6 Å². The Hall–Kier alpha value is -2.57. The van der Waals surface area contributed by atoms with Crippen molar-refractivity contribution in [2.24, 2.45) is 0 Å². The minimum absolute atomic E-state index is 0. The van der Waals surface area contributed by atoms with Gasteiger partial charge in [-0.1, -0.05) is 11.6 Å². The minimum atomic E-state index is -4.47. The highest BCUT2D eigenvalue weighted by Crippen LogP contribution is 2.31. The first-order chi connectivity index (χ1) is 16.1. The molecular weight excluding hydrogens is 485 g/mol. The lowest BCUT2D eigenvalue weighted by Crippen LogP contribution is -2.38. The molecule has 192 valence electrons. The predicted octanol–water partition coefficient (Wildman–Crippen LogP) is 3.11. The van der Waals surface area contributed by atoms with Gasteiger partial charge in [0.2, 0.25) is 0 Å². The number of carbonyl (C=O) groups is 2. The number of ether oxygens (including phenoxy) is 1. The third-order valence-electron chi connectivity index (χ3n) is 6.23. The van der Waals surface area contributed by atoms with E-state index < -0.39 is 17.8 Å². The Kier molecular flexibility index (Phi) is 8.50. The number of aliphatic hydroxyl groups is 1. The Labute approximate surface area is 208 Å². The minimum Gasteiger partial charge on any atom is -0.445 e. The maximum atomic E-state index is 13.0. The van der Waals surface area contributed by atoms with Crippen LogP contribution in [0.3, 0.4) is 0 Å². The molecule has 1 aromatic carbocycles. The van der Waals surface area contributed by atoms with Crippen molar-refractivity contribution in [1.29, 1.82) is 0 Å². The number of likely N-dealkylation sites (tertiary alicyclic amines) is 1. The highest BCUT2D eigenvalue weighted by molar-refractivity contribution is 7.59. The van der Waals surface area contributed by atoms with E-state index in [9.17, 15) is 27.9 Å². The van der Waals surface area contributed by atoms with Crippen molar-refractivity contribution in [2.75, 3.05) is 26.2 Å². The van der Waals surface area contributed by atoms with Gasteiger partial charge in [0.05, 0.1) is 37.5 Å². The second kappa shape index (κ2) is 11.0. The van der Waals surface area contributed by atoms with Crippen molar-refractivity contribution in [3.05, 3.63) is 52.3 Å². The first-order valence-electron chi connectivity index (χ1n) is 11.2. The van der Waals surface area contributed by atoms with E-state index in [1.54, 1.807) is 23.7 Å². The Morgan fingerprint density at radius 1 is 1.17 bits per heavy atom. The smallest absolute Gasteiger partial charge is 0.416 e. The zero-order valence-corrected chi connectivity index (χ0v) is 20.3. The van der Waals surface area contributed by atoms with Crippen LogP contribution in [-0.4, -0.2) is 68.8 Å². The number of benzene rings is 1. The summed E-state index contributed by atoms with van der Waals surface area (Å²) in [6.07, 6.45) is -3.31. The molecule has 0 spiro atoms. The van der Waals surface area contributed by atoms with Gasteiger partial charge in [0.1, 0.15) is 12.3 Å². The van der Waals surface area contributed by atoms with Crippen LogP contribution in [0.15, 0.2) is 24.3 Å². The lowest BCUT2D eigenvalue weighted by atomic mass is 10.1. The molecule has 35 heavy (non-hydrogen) atoms. The number of Topliss-reactive ketones (excluding diaryl/α,β-unsaturated/α-hetero) is 1. The van der Waals surface area contributed by atoms with Crippen molar-refractivity contribution < 1.29 is 32.6 Å². The van der Waals surface area contributed by atoms with E-state index in [1.165, 1.54) is 4.90 Å². The molecule has 12 heteroatoms. The van der Waals surface area contributed by atoms with Crippen LogP contribution in [0.5, 0.6) is 0 Å². The van der Waals surface area contributed by atoms with Crippen LogP contribution in [0, 0.1) is 6.92 Å². The highest BCUT2D eigenvalue weighted by Gasteiger charge is 2.31. The number of amides is 1. The van der Waals surface area contributed by atoms with Gasteiger partial charge in [-0.25, -0.2) is 4.79 Å². The normalized spacial score (nSPS) is 18.2. The molecule has 1 amide bonds. The van der Waals surface area contributed by atoms with Crippen molar-refractivity contribution in [2.45, 2.75) is 51.7 Å². The van der Waals surface area contributed by atoms with Gasteiger partial charge in [-0.3, -0.25) is 14.4 Å². The number of aliphatic hydroxyl groups excluding tert-OH is 1. The summed E-state index contributed by atoms with van der Waals surface area (Å²) in [6, 6.07) is 5.22. The largest absolute Gasteiger partial charge is 0.445 e. The summed E-state index contributed by atoms with van der Waals surface area (Å²) in [4.78, 5) is 28.6. The van der Waals surface area contributed by atoms with Crippen LogP contribution >= 0.6 is 13.5 Å². The Balaban J connectivity index is 0.00000342. The molecule has 0 saturated carbocycles. The average molecular weight is 515 g/mol. The summed E-state index contributed by atoms with van der Waals surface area (Å²) in [5.74, 6) is -0.142. The van der Waals surface area contributed by atoms with Crippen LogP contribution < -0.4 is 0 Å². The van der Waals surface area contributed by atoms with E-state index in [0.29, 0.717) is 30.0 Å². The fraction of sp³-hybridized carbons (Fsp3) is 0.522. The summed E-state index contributed by atoms with van der Waals surface area (Å²) in [7, 11) is 0. The average Bonchev–Trinajstić information content (AvgIpc) is 3.42. The number of aromatic nitrogens is 2. The van der Waals surface area contributed by atoms with Gasteiger partial charge in [-0.15, -0.1) is 0 Å². The van der Waals surface area contributed by atoms with Crippen LogP contribution in [-0.2, 0) is 30.6 Å². The van der Waals surface area contributed by atoms with E-state index in [4.69, 9.17) is 4.74 Å². The van der Waals surface area contributed by atoms with E-state index in [-0.39, 0.29) is 57.2 Å². The predicted molar refractivity (Wildman–Crippen MR) is 125 cm³/mol. The topological polar surface area (TPSA) is 87.9 Å². The second-order valence-electron chi connectivity index (χ2n) is 8.80. The summed E-state index contributed by atoms with van der Waals surface area (Å²) in [6.45, 7) is 3.11. The van der Waals surface area contributed by atoms with Crippen LogP contribution in [0.1, 0.15) is 45.7 Å². The van der Waals surface area contributed by atoms with Gasteiger partial charge in [0.15, 0.2) is 5.78 Å². The molecule has 1 N–H and O–H groups in total. The molecule has 2 aliphatic heterocycles. The summed E-state index contributed by atoms with van der Waals surface area (Å²) in [5, 5.41) is 13.8. The van der Waals surface area contributed by atoms with Crippen LogP contribution in [0.4, 0.5) is 18.0 Å². The van der Waals surface area contributed by atoms with Crippen LogP contribution in [0.2, 0.25) is 0 Å². The number of nitrogens with zero attached hydrogens (tertiary/aromatic N) is 4. The fourth-order valence-electron chi connectivity index (χ4n) is 4.48. The fourth-order valence-corrected chi connectivity index (χ4v) is 4.48. The molecule has 3 heterocycles. The van der Waals surface area contributed by atoms with Crippen molar-refractivity contribution in [1.82, 2.24) is 19.6 Å². The number of fused-ring (bicyclic) bond motifs is 1. The number of halogens is 3. The van der Waals surface area contributed by atoms with E-state index in [0.717, 1.165) is 31.5 Å². The Morgan fingerprint density at radius 3 is 2.66 bits per heavy atom. The first kappa shape index (κ1) is 27.0. The number of hydrogen-bond donors (Lipinski definition) is 1. The Morgan fingerprint density at radius 2 is 1.94 bits per heavy atom. The van der Waals surface area contributed by atoms with Crippen molar-refractivity contribution >= 4 is 25.4 Å². The van der Waals surface area contributed by atoms with Gasteiger partial charge in [0.25, 0.3) is 0 Å². The van der Waals surface area contributed by atoms with Crippen molar-refractivity contribution in [3.8, 4) is 0 Å². The summed E-state index contributed by atoms with van der Waals surface area (Å²) >= 11 is 0. The van der Waals surface area contributed by atoms with E-state index in [1.807, 2.05) is 4.90 Å². The Bertz CT molecular complexity index is 1080. The molecular formula is C23H29F3N4O4S. The van der Waals surface area contributed by atoms with Crippen LogP contribution in [0.25, 0.3) is 0 Å². The molecule has 1 atom stereocenters. The van der Waals surface area contributed by atoms with Gasteiger partial charge in [-0.2, -0.15) is 31.8 Å². The van der Waals surface area contributed by atoms with Gasteiger partial charge in [-0.05, 0) is 50.1 Å². The highest BCUT2D eigenvalue weighted by atomic mass is 32.1. The summed E-state index contributed by atoms with van der Waals surface area (Å²) in [5.41, 5.74) is 0.907. The number of aryl methyl sites for hydroxylation is 1. The van der Waals surface area contributed by atoms with E-state index in [2.05, 4.69) is 5.10 Å². The zero-order valence-electron chi connectivity index (χ0n) is 19.3. The first-order valence-corrected chi connectivity index (χ1v) is 11.2. The molecule has 2 aliphatic rings. The molecule has 1 fully saturated rings. The van der Waals surface area contributed by atoms with Gasteiger partial charge < -0.3 is 14.7 Å². The third kappa shape index (κ3) is 6.36. The van der Waals surface area contributed by atoms with Gasteiger partial charge >= 0.3 is 12.3 Å². The molecule has 0 aliphatic carbocycles. The third-order valence-corrected chi connectivity index (χ3v) is 6.23. The molecule has 4 rings (SSSR count). The number of rotatable bonds is 6. The SMILES string of the molecule is Cc1cc(COC(=O)N2CCn3nc(C(=O)CN4CCC[C@H]4CO)cc3C2)cc(C(F)(F)F)c1.S. The molecule has 8 nitrogen and oxygen atoms in total. The van der Waals surface area contributed by atoms with Crippen molar-refractivity contribution in [3.63, 3.8) is 0 Å². The quantitative estimate of drug-likeness (QED) is 0.596. The molecule has 0 bridgehead atoms. The molecule has 0 unspecified atom stereocenters. The number of alkyl halides is 3. The molecule has 0 radical (unpaired) electrons. The molecule has 1 aromatic heterocycles. The number of hydrogen-bond acceptors (Lipinski definition) is 6. The maximum Gasteiger partial charge on any atom is 0.416 e. The lowest BCUT2D eigenvalue weighted by Gasteiger charge is -2.27. The summed E-state index contributed by atoms with van der Waals surface area (Å²) < 4.78 is 46.0. The lowest BCUT2D eigenvalue weighted by molar-refractivity contribution is -0.137. The second-order valence-corrected chi connectivity index (χ2v) is 8.80. The standard InChI is InChI=1S/C23H27F3N4O4.H2S/c1-15-7-16(9-17(8-15)23(24,25)26)14-34-22(33)29-5-6-30-19(11-29)10-20(27-30)21(32)12-28-4-2-3-18(28)13-31;/h7-10,18,31H,2-6,11-14H2,1H3;1H2/t18-;/m0./s1. The molecule has 1 saturated heterocycles. The zero-order chi connectivity index (χ0) is 24.5. The number of carbonyl (C=O) groups excluding carboxylic acids is 2. The van der Waals surface area contributed by atoms with E-state index >= 15 is 0 Å². The monoisotopic (exact) mass is 514 g/mol. The molecule has 2 aromatic rings. The maximum absolute atomic E-state index is 13.0.